The van der Waals surface area contributed by atoms with E-state index in [2.05, 4.69) is 30.9 Å². The molecular formula is C25H23Cl2N7O3. The number of carbonyl (C=O) groups excluding carboxylic acids is 2. The van der Waals surface area contributed by atoms with Crippen molar-refractivity contribution in [2.45, 2.75) is 13.1 Å². The first-order valence-corrected chi connectivity index (χ1v) is 11.9. The highest BCUT2D eigenvalue weighted by Gasteiger charge is 2.10. The number of methoxy groups -OCH3 is 1. The van der Waals surface area contributed by atoms with E-state index in [9.17, 15) is 9.59 Å². The molecule has 0 aliphatic heterocycles. The largest absolute Gasteiger partial charge is 0.465 e. The van der Waals surface area contributed by atoms with Crippen molar-refractivity contribution in [3.8, 4) is 5.82 Å². The molecule has 1 amide bonds. The number of nitrogens with one attached hydrogen (secondary N) is 3. The van der Waals surface area contributed by atoms with Gasteiger partial charge in [-0.25, -0.2) is 9.78 Å². The standard InChI is InChI=1S/C25H23Cl2N7O3/c1-37-24(36)17-4-2-16(3-5-17)12-31-25-32-21(11-22(33-25)34-9-8-28-15-34)29-14-23(35)30-13-18-6-7-19(26)10-20(18)27/h2-11,15H,12-14H2,1H3,(H,30,35)(H2,29,31,32,33). The fourth-order valence-electron chi connectivity index (χ4n) is 3.28. The third-order valence-corrected chi connectivity index (χ3v) is 5.82. The number of anilines is 2. The zero-order valence-corrected chi connectivity index (χ0v) is 21.3. The number of aromatic nitrogens is 4. The Kier molecular flexibility index (Phi) is 8.55. The van der Waals surface area contributed by atoms with Gasteiger partial charge in [0.2, 0.25) is 11.9 Å². The molecule has 3 N–H and O–H groups in total. The topological polar surface area (TPSA) is 123 Å². The molecule has 190 valence electrons. The third kappa shape index (κ3) is 7.18. The molecule has 4 rings (SSSR count). The summed E-state index contributed by atoms with van der Waals surface area (Å²) in [6.45, 7) is 0.665. The van der Waals surface area contributed by atoms with Gasteiger partial charge in [-0.1, -0.05) is 41.4 Å². The van der Waals surface area contributed by atoms with Crippen LogP contribution in [0.4, 0.5) is 11.8 Å². The molecule has 4 aromatic rings. The molecule has 0 aliphatic carbocycles. The minimum atomic E-state index is -0.396. The molecule has 10 nitrogen and oxygen atoms in total. The summed E-state index contributed by atoms with van der Waals surface area (Å²) >= 11 is 12.1. The van der Waals surface area contributed by atoms with Crippen molar-refractivity contribution in [2.75, 3.05) is 24.3 Å². The molecule has 0 saturated carbocycles. The van der Waals surface area contributed by atoms with Crippen molar-refractivity contribution in [2.24, 2.45) is 0 Å². The average Bonchev–Trinajstić information content (AvgIpc) is 3.45. The van der Waals surface area contributed by atoms with E-state index in [1.165, 1.54) is 7.11 Å². The summed E-state index contributed by atoms with van der Waals surface area (Å²) in [6.07, 6.45) is 5.01. The lowest BCUT2D eigenvalue weighted by atomic mass is 10.1. The van der Waals surface area contributed by atoms with E-state index in [-0.39, 0.29) is 19.0 Å². The Hall–Kier alpha value is -4.15. The van der Waals surface area contributed by atoms with Crippen LogP contribution in [0.15, 0.2) is 67.3 Å². The van der Waals surface area contributed by atoms with Crippen LogP contribution in [0.3, 0.4) is 0 Å². The van der Waals surface area contributed by atoms with Crippen molar-refractivity contribution in [3.63, 3.8) is 0 Å². The molecule has 2 aromatic carbocycles. The Balaban J connectivity index is 1.41. The van der Waals surface area contributed by atoms with Gasteiger partial charge in [0.1, 0.15) is 18.0 Å². The molecule has 0 atom stereocenters. The van der Waals surface area contributed by atoms with Gasteiger partial charge in [-0.2, -0.15) is 9.97 Å². The first-order chi connectivity index (χ1) is 17.9. The van der Waals surface area contributed by atoms with E-state index in [1.54, 1.807) is 59.7 Å². The van der Waals surface area contributed by atoms with Crippen LogP contribution in [0.25, 0.3) is 5.82 Å². The Morgan fingerprint density at radius 2 is 1.81 bits per heavy atom. The summed E-state index contributed by atoms with van der Waals surface area (Å²) in [5.41, 5.74) is 2.14. The molecule has 2 aromatic heterocycles. The Morgan fingerprint density at radius 1 is 1.00 bits per heavy atom. The molecular weight excluding hydrogens is 517 g/mol. The van der Waals surface area contributed by atoms with Crippen LogP contribution in [0.1, 0.15) is 21.5 Å². The second kappa shape index (κ2) is 12.2. The van der Waals surface area contributed by atoms with Crippen molar-refractivity contribution in [1.82, 2.24) is 24.8 Å². The van der Waals surface area contributed by atoms with Gasteiger partial charge < -0.3 is 20.7 Å². The Labute approximate surface area is 223 Å². The van der Waals surface area contributed by atoms with Crippen LogP contribution in [0, 0.1) is 0 Å². The summed E-state index contributed by atoms with van der Waals surface area (Å²) < 4.78 is 6.45. The quantitative estimate of drug-likeness (QED) is 0.257. The van der Waals surface area contributed by atoms with Gasteiger partial charge in [-0.3, -0.25) is 9.36 Å². The van der Waals surface area contributed by atoms with Gasteiger partial charge in [-0.15, -0.1) is 0 Å². The van der Waals surface area contributed by atoms with Gasteiger partial charge in [-0.05, 0) is 35.4 Å². The van der Waals surface area contributed by atoms with Gasteiger partial charge >= 0.3 is 5.97 Å². The predicted octanol–water partition coefficient (Wildman–Crippen LogP) is 4.10. The van der Waals surface area contributed by atoms with Crippen LogP contribution < -0.4 is 16.0 Å². The first-order valence-electron chi connectivity index (χ1n) is 11.1. The molecule has 0 radical (unpaired) electrons. The third-order valence-electron chi connectivity index (χ3n) is 5.23. The van der Waals surface area contributed by atoms with E-state index in [4.69, 9.17) is 27.9 Å². The zero-order chi connectivity index (χ0) is 26.2. The fourth-order valence-corrected chi connectivity index (χ4v) is 3.76. The van der Waals surface area contributed by atoms with Crippen LogP contribution >= 0.6 is 23.2 Å². The normalized spacial score (nSPS) is 10.6. The molecule has 0 aliphatic rings. The number of hydrogen-bond donors (Lipinski definition) is 3. The monoisotopic (exact) mass is 539 g/mol. The highest BCUT2D eigenvalue weighted by atomic mass is 35.5. The van der Waals surface area contributed by atoms with E-state index < -0.39 is 5.97 Å². The zero-order valence-electron chi connectivity index (χ0n) is 19.7. The van der Waals surface area contributed by atoms with Gasteiger partial charge in [0.15, 0.2) is 0 Å². The summed E-state index contributed by atoms with van der Waals surface area (Å²) in [5.74, 6) is 0.716. The summed E-state index contributed by atoms with van der Waals surface area (Å²) in [4.78, 5) is 37.1. The maximum absolute atomic E-state index is 12.4. The number of benzene rings is 2. The van der Waals surface area contributed by atoms with Gasteiger partial charge in [0.25, 0.3) is 0 Å². The number of carbonyl (C=O) groups is 2. The van der Waals surface area contributed by atoms with Crippen LogP contribution in [0.5, 0.6) is 0 Å². The number of hydrogen-bond acceptors (Lipinski definition) is 8. The molecule has 12 heteroatoms. The van der Waals surface area contributed by atoms with Crippen molar-refractivity contribution in [1.29, 1.82) is 0 Å². The SMILES string of the molecule is COC(=O)c1ccc(CNc2nc(NCC(=O)NCc3ccc(Cl)cc3Cl)cc(-n3ccnc3)n2)cc1. The summed E-state index contributed by atoms with van der Waals surface area (Å²) in [5, 5.41) is 10.0. The smallest absolute Gasteiger partial charge is 0.337 e. The number of rotatable bonds is 10. The molecule has 0 saturated heterocycles. The molecule has 0 fully saturated rings. The lowest BCUT2D eigenvalue weighted by Crippen LogP contribution is -2.29. The van der Waals surface area contributed by atoms with Crippen molar-refractivity contribution in [3.05, 3.63) is 94.0 Å². The lowest BCUT2D eigenvalue weighted by molar-refractivity contribution is -0.119. The number of esters is 1. The molecule has 0 spiro atoms. The lowest BCUT2D eigenvalue weighted by Gasteiger charge is -2.12. The minimum absolute atomic E-state index is 0.0139. The first kappa shape index (κ1) is 25.9. The molecule has 0 unspecified atom stereocenters. The number of imidazole rings is 1. The minimum Gasteiger partial charge on any atom is -0.465 e. The van der Waals surface area contributed by atoms with Crippen molar-refractivity contribution < 1.29 is 14.3 Å². The molecule has 2 heterocycles. The summed E-state index contributed by atoms with van der Waals surface area (Å²) in [6, 6.07) is 13.8. The summed E-state index contributed by atoms with van der Waals surface area (Å²) in [7, 11) is 1.34. The Bertz CT molecular complexity index is 1380. The Morgan fingerprint density at radius 3 is 2.51 bits per heavy atom. The number of nitrogens with zero attached hydrogens (tertiary/aromatic N) is 4. The average molecular weight is 540 g/mol. The van der Waals surface area contributed by atoms with Gasteiger partial charge in [0, 0.05) is 41.6 Å². The second-order valence-corrected chi connectivity index (χ2v) is 8.66. The number of halogens is 2. The van der Waals surface area contributed by atoms with E-state index in [1.807, 2.05) is 12.1 Å². The maximum atomic E-state index is 12.4. The maximum Gasteiger partial charge on any atom is 0.337 e. The van der Waals surface area contributed by atoms with E-state index in [0.717, 1.165) is 11.1 Å². The molecule has 0 bridgehead atoms. The van der Waals surface area contributed by atoms with Crippen LogP contribution in [0.2, 0.25) is 10.0 Å². The second-order valence-electron chi connectivity index (χ2n) is 7.81. The van der Waals surface area contributed by atoms with Crippen molar-refractivity contribution >= 4 is 46.8 Å². The molecule has 37 heavy (non-hydrogen) atoms. The number of ether oxygens (including phenoxy) is 1. The highest BCUT2D eigenvalue weighted by molar-refractivity contribution is 6.35. The fraction of sp³-hybridized carbons (Fsp3) is 0.160. The van der Waals surface area contributed by atoms with E-state index in [0.29, 0.717) is 39.7 Å². The number of amides is 1. The van der Waals surface area contributed by atoms with Gasteiger partial charge in [0.05, 0.1) is 19.2 Å². The van der Waals surface area contributed by atoms with E-state index >= 15 is 0 Å². The van der Waals surface area contributed by atoms with Crippen LogP contribution in [-0.2, 0) is 22.6 Å². The highest BCUT2D eigenvalue weighted by Crippen LogP contribution is 2.21. The predicted molar refractivity (Wildman–Crippen MR) is 141 cm³/mol. The van der Waals surface area contributed by atoms with Crippen LogP contribution in [-0.4, -0.2) is 45.1 Å².